The van der Waals surface area contributed by atoms with Crippen LogP contribution in [0.3, 0.4) is 0 Å². The minimum Gasteiger partial charge on any atom is -0.480 e. The van der Waals surface area contributed by atoms with Crippen LogP contribution in [-0.2, 0) is 16.1 Å². The molecule has 3 aromatic rings. The fourth-order valence-electron chi connectivity index (χ4n) is 6.00. The molecule has 11 heteroatoms. The van der Waals surface area contributed by atoms with Crippen LogP contribution >= 0.6 is 12.4 Å². The summed E-state index contributed by atoms with van der Waals surface area (Å²) in [5.74, 6) is -1.17. The SMILES string of the molecule is CC(C)NC(=O)C1CCC(n2c(NC(=O)c3ccc(F)cc3)nc3ccc(CN4CCC[C@H]4C(=O)O)cc32)CC1.Cl. The fourth-order valence-corrected chi connectivity index (χ4v) is 6.00. The van der Waals surface area contributed by atoms with Crippen molar-refractivity contribution in [3.8, 4) is 0 Å². The highest BCUT2D eigenvalue weighted by Crippen LogP contribution is 2.37. The molecular formula is C30H37ClFN5O4. The summed E-state index contributed by atoms with van der Waals surface area (Å²) >= 11 is 0. The van der Waals surface area contributed by atoms with Crippen LogP contribution < -0.4 is 10.6 Å². The predicted octanol–water partition coefficient (Wildman–Crippen LogP) is 5.15. The van der Waals surface area contributed by atoms with Crippen LogP contribution in [0, 0.1) is 11.7 Å². The summed E-state index contributed by atoms with van der Waals surface area (Å²) in [6.07, 6.45) is 4.44. The quantitative estimate of drug-likeness (QED) is 0.336. The van der Waals surface area contributed by atoms with Crippen molar-refractivity contribution in [1.29, 1.82) is 0 Å². The van der Waals surface area contributed by atoms with Crippen molar-refractivity contribution in [2.75, 3.05) is 11.9 Å². The summed E-state index contributed by atoms with van der Waals surface area (Å²) in [6, 6.07) is 10.9. The van der Waals surface area contributed by atoms with E-state index < -0.39 is 17.8 Å². The number of likely N-dealkylation sites (tertiary alicyclic amines) is 1. The van der Waals surface area contributed by atoms with E-state index in [9.17, 15) is 23.9 Å². The van der Waals surface area contributed by atoms with E-state index in [1.807, 2.05) is 36.9 Å². The molecule has 3 N–H and O–H groups in total. The van der Waals surface area contributed by atoms with Crippen LogP contribution in [0.2, 0.25) is 0 Å². The van der Waals surface area contributed by atoms with E-state index in [1.54, 1.807) is 0 Å². The summed E-state index contributed by atoms with van der Waals surface area (Å²) < 4.78 is 15.5. The van der Waals surface area contributed by atoms with Gasteiger partial charge in [-0.3, -0.25) is 24.6 Å². The molecule has 220 valence electrons. The lowest BCUT2D eigenvalue weighted by molar-refractivity contribution is -0.142. The van der Waals surface area contributed by atoms with Gasteiger partial charge in [-0.05, 0) is 101 Å². The van der Waals surface area contributed by atoms with E-state index in [4.69, 9.17) is 4.98 Å². The molecule has 9 nitrogen and oxygen atoms in total. The molecule has 0 spiro atoms. The molecule has 0 unspecified atom stereocenters. The van der Waals surface area contributed by atoms with E-state index in [0.717, 1.165) is 49.7 Å². The minimum atomic E-state index is -0.798. The number of halogens is 2. The molecule has 2 heterocycles. The first kappa shape index (κ1) is 30.5. The Morgan fingerprint density at radius 2 is 1.76 bits per heavy atom. The molecular weight excluding hydrogens is 549 g/mol. The van der Waals surface area contributed by atoms with E-state index in [2.05, 4.69) is 15.2 Å². The van der Waals surface area contributed by atoms with E-state index in [1.165, 1.54) is 24.3 Å². The highest BCUT2D eigenvalue weighted by Gasteiger charge is 2.32. The second kappa shape index (κ2) is 13.0. The second-order valence-corrected chi connectivity index (χ2v) is 11.2. The highest BCUT2D eigenvalue weighted by atomic mass is 35.5. The molecule has 1 saturated carbocycles. The van der Waals surface area contributed by atoms with Gasteiger partial charge in [0.1, 0.15) is 11.9 Å². The average molecular weight is 586 g/mol. The van der Waals surface area contributed by atoms with Gasteiger partial charge in [0.25, 0.3) is 5.91 Å². The molecule has 5 rings (SSSR count). The van der Waals surface area contributed by atoms with Crippen LogP contribution in [-0.4, -0.2) is 56.0 Å². The van der Waals surface area contributed by atoms with Crippen molar-refractivity contribution in [2.45, 2.75) is 77.0 Å². The largest absolute Gasteiger partial charge is 0.480 e. The van der Waals surface area contributed by atoms with Crippen molar-refractivity contribution in [1.82, 2.24) is 19.8 Å². The number of hydrogen-bond donors (Lipinski definition) is 3. The van der Waals surface area contributed by atoms with Gasteiger partial charge in [-0.2, -0.15) is 0 Å². The molecule has 41 heavy (non-hydrogen) atoms. The number of rotatable bonds is 8. The number of aromatic nitrogens is 2. The monoisotopic (exact) mass is 585 g/mol. The van der Waals surface area contributed by atoms with Gasteiger partial charge < -0.3 is 15.0 Å². The Labute approximate surface area is 244 Å². The Morgan fingerprint density at radius 1 is 1.05 bits per heavy atom. The number of nitrogens with zero attached hydrogens (tertiary/aromatic N) is 3. The summed E-state index contributed by atoms with van der Waals surface area (Å²) in [5, 5.41) is 15.6. The number of amides is 2. The van der Waals surface area contributed by atoms with Gasteiger partial charge in [0.05, 0.1) is 11.0 Å². The third-order valence-corrected chi connectivity index (χ3v) is 7.98. The molecule has 1 atom stereocenters. The lowest BCUT2D eigenvalue weighted by Crippen LogP contribution is -2.37. The molecule has 1 aliphatic heterocycles. The zero-order valence-corrected chi connectivity index (χ0v) is 24.1. The van der Waals surface area contributed by atoms with Gasteiger partial charge in [-0.15, -0.1) is 12.4 Å². The number of carbonyl (C=O) groups excluding carboxylic acids is 2. The normalized spacial score (nSPS) is 21.0. The molecule has 0 radical (unpaired) electrons. The van der Waals surface area contributed by atoms with Crippen LogP contribution in [0.5, 0.6) is 0 Å². The lowest BCUT2D eigenvalue weighted by atomic mass is 9.85. The smallest absolute Gasteiger partial charge is 0.320 e. The topological polar surface area (TPSA) is 117 Å². The third kappa shape index (κ3) is 6.87. The Morgan fingerprint density at radius 3 is 2.41 bits per heavy atom. The van der Waals surface area contributed by atoms with Gasteiger partial charge in [-0.25, -0.2) is 9.37 Å². The maximum atomic E-state index is 13.4. The van der Waals surface area contributed by atoms with Crippen molar-refractivity contribution < 1.29 is 23.9 Å². The number of imidazole rings is 1. The fraction of sp³-hybridized carbons (Fsp3) is 0.467. The lowest BCUT2D eigenvalue weighted by Gasteiger charge is -2.30. The van der Waals surface area contributed by atoms with Gasteiger partial charge in [-0.1, -0.05) is 6.07 Å². The van der Waals surface area contributed by atoms with Crippen LogP contribution in [0.15, 0.2) is 42.5 Å². The Balaban J connectivity index is 0.00000387. The van der Waals surface area contributed by atoms with Crippen molar-refractivity contribution >= 4 is 47.2 Å². The second-order valence-electron chi connectivity index (χ2n) is 11.2. The van der Waals surface area contributed by atoms with Crippen molar-refractivity contribution in [3.05, 3.63) is 59.4 Å². The number of hydrogen-bond acceptors (Lipinski definition) is 5. The zero-order chi connectivity index (χ0) is 28.4. The molecule has 2 amide bonds. The minimum absolute atomic E-state index is 0. The Hall–Kier alpha value is -3.50. The van der Waals surface area contributed by atoms with E-state index >= 15 is 0 Å². The van der Waals surface area contributed by atoms with E-state index in [0.29, 0.717) is 30.0 Å². The third-order valence-electron chi connectivity index (χ3n) is 7.98. The maximum Gasteiger partial charge on any atom is 0.320 e. The van der Waals surface area contributed by atoms with Gasteiger partial charge >= 0.3 is 5.97 Å². The van der Waals surface area contributed by atoms with Crippen LogP contribution in [0.1, 0.15) is 74.3 Å². The zero-order valence-electron chi connectivity index (χ0n) is 23.3. The van der Waals surface area contributed by atoms with Crippen molar-refractivity contribution in [3.63, 3.8) is 0 Å². The maximum absolute atomic E-state index is 13.4. The highest BCUT2D eigenvalue weighted by molar-refractivity contribution is 6.04. The first-order valence-electron chi connectivity index (χ1n) is 14.0. The average Bonchev–Trinajstić information content (AvgIpc) is 3.53. The van der Waals surface area contributed by atoms with Crippen LogP contribution in [0.25, 0.3) is 11.0 Å². The van der Waals surface area contributed by atoms with E-state index in [-0.39, 0.29) is 42.2 Å². The number of carbonyl (C=O) groups is 3. The number of carboxylic acids is 1. The number of aliphatic carboxylic acids is 1. The van der Waals surface area contributed by atoms with Gasteiger partial charge in [0.15, 0.2) is 0 Å². The number of carboxylic acid groups (broad SMARTS) is 1. The summed E-state index contributed by atoms with van der Waals surface area (Å²) in [4.78, 5) is 44.1. The molecule has 1 aliphatic carbocycles. The number of fused-ring (bicyclic) bond motifs is 1. The standard InChI is InChI=1S/C30H36FN5O4.ClH/c1-18(2)32-27(37)21-8-12-23(13-9-21)36-26-16-19(17-35-15-3-4-25(35)29(39)40)5-14-24(26)33-30(36)34-28(38)20-6-10-22(31)11-7-20;/h5-7,10-11,14,16,18,21,23,25H,3-4,8-9,12-13,15,17H2,1-2H3,(H,32,37)(H,39,40)(H,33,34,38);1H/t21?,23?,25-;/m0./s1. The Bertz CT molecular complexity index is 1400. The van der Waals surface area contributed by atoms with Gasteiger partial charge in [0.2, 0.25) is 11.9 Å². The number of nitrogens with one attached hydrogen (secondary N) is 2. The summed E-state index contributed by atoms with van der Waals surface area (Å²) in [7, 11) is 0. The molecule has 2 fully saturated rings. The first-order chi connectivity index (χ1) is 19.2. The van der Waals surface area contributed by atoms with Gasteiger partial charge in [0, 0.05) is 30.1 Å². The molecule has 2 aromatic carbocycles. The molecule has 2 aliphatic rings. The predicted molar refractivity (Wildman–Crippen MR) is 157 cm³/mol. The number of benzene rings is 2. The summed E-state index contributed by atoms with van der Waals surface area (Å²) in [5.41, 5.74) is 2.87. The summed E-state index contributed by atoms with van der Waals surface area (Å²) in [6.45, 7) is 5.15. The number of anilines is 1. The molecule has 1 aromatic heterocycles. The molecule has 1 saturated heterocycles. The van der Waals surface area contributed by atoms with Crippen LogP contribution in [0.4, 0.5) is 10.3 Å². The Kier molecular flexibility index (Phi) is 9.65. The molecule has 0 bridgehead atoms. The first-order valence-corrected chi connectivity index (χ1v) is 14.0. The van der Waals surface area contributed by atoms with Crippen molar-refractivity contribution in [2.24, 2.45) is 5.92 Å².